The van der Waals surface area contributed by atoms with Crippen LogP contribution in [0.3, 0.4) is 0 Å². The van der Waals surface area contributed by atoms with Crippen LogP contribution in [0.4, 0.5) is 0 Å². The molecule has 1 aromatic rings. The number of hydrogen-bond acceptors (Lipinski definition) is 2. The van der Waals surface area contributed by atoms with Crippen molar-refractivity contribution in [2.75, 3.05) is 6.61 Å². The van der Waals surface area contributed by atoms with E-state index in [4.69, 9.17) is 5.11 Å². The van der Waals surface area contributed by atoms with Gasteiger partial charge in [0.2, 0.25) is 0 Å². The molecule has 0 bridgehead atoms. The Labute approximate surface area is 90.6 Å². The maximum absolute atomic E-state index is 9.20. The first-order valence-corrected chi connectivity index (χ1v) is 5.69. The molecule has 1 aliphatic rings. The summed E-state index contributed by atoms with van der Waals surface area (Å²) >= 11 is 0. The highest BCUT2D eigenvalue weighted by atomic mass is 16.3. The molecule has 2 heteroatoms. The zero-order chi connectivity index (χ0) is 10.7. The molecule has 2 rings (SSSR count). The van der Waals surface area contributed by atoms with Crippen LogP contribution in [0, 0.1) is 5.92 Å². The highest BCUT2D eigenvalue weighted by Gasteiger charge is 2.21. The van der Waals surface area contributed by atoms with Gasteiger partial charge in [-0.25, -0.2) is 0 Å². The lowest BCUT2D eigenvalue weighted by Crippen LogP contribution is -2.15. The van der Waals surface area contributed by atoms with Gasteiger partial charge in [-0.1, -0.05) is 12.1 Å². The molecule has 1 fully saturated rings. The van der Waals surface area contributed by atoms with E-state index in [0.29, 0.717) is 24.2 Å². The minimum Gasteiger partial charge on any atom is -0.508 e. The van der Waals surface area contributed by atoms with E-state index < -0.39 is 0 Å². The SMILES string of the molecule is OC[C@H]1CC[C@H](c2ccc(O)cc2)CC1. The molecule has 2 nitrogen and oxygen atoms in total. The summed E-state index contributed by atoms with van der Waals surface area (Å²) < 4.78 is 0. The third-order valence-corrected chi connectivity index (χ3v) is 3.47. The van der Waals surface area contributed by atoms with E-state index in [2.05, 4.69) is 0 Å². The Hall–Kier alpha value is -1.02. The van der Waals surface area contributed by atoms with Gasteiger partial charge in [-0.15, -0.1) is 0 Å². The van der Waals surface area contributed by atoms with Gasteiger partial charge in [-0.05, 0) is 55.2 Å². The molecule has 1 saturated carbocycles. The lowest BCUT2D eigenvalue weighted by atomic mass is 9.79. The van der Waals surface area contributed by atoms with E-state index in [-0.39, 0.29) is 0 Å². The van der Waals surface area contributed by atoms with Gasteiger partial charge in [0.1, 0.15) is 5.75 Å². The zero-order valence-corrected chi connectivity index (χ0v) is 8.89. The van der Waals surface area contributed by atoms with E-state index >= 15 is 0 Å². The number of benzene rings is 1. The second kappa shape index (κ2) is 4.67. The van der Waals surface area contributed by atoms with Gasteiger partial charge in [0.25, 0.3) is 0 Å². The summed E-state index contributed by atoms with van der Waals surface area (Å²) in [6, 6.07) is 7.54. The van der Waals surface area contributed by atoms with Gasteiger partial charge >= 0.3 is 0 Å². The van der Waals surface area contributed by atoms with Crippen LogP contribution in [0.15, 0.2) is 24.3 Å². The van der Waals surface area contributed by atoms with Crippen molar-refractivity contribution < 1.29 is 10.2 Å². The van der Waals surface area contributed by atoms with E-state index in [1.54, 1.807) is 12.1 Å². The van der Waals surface area contributed by atoms with Crippen LogP contribution in [0.5, 0.6) is 5.75 Å². The van der Waals surface area contributed by atoms with Crippen molar-refractivity contribution in [3.63, 3.8) is 0 Å². The topological polar surface area (TPSA) is 40.5 Å². The molecule has 15 heavy (non-hydrogen) atoms. The molecule has 0 unspecified atom stereocenters. The number of phenolic OH excluding ortho intramolecular Hbond substituents is 1. The standard InChI is InChI=1S/C13H18O2/c14-9-10-1-3-11(4-2-10)12-5-7-13(15)8-6-12/h5-8,10-11,14-15H,1-4,9H2/t10-,11-. The molecule has 0 amide bonds. The van der Waals surface area contributed by atoms with Gasteiger partial charge < -0.3 is 10.2 Å². The van der Waals surface area contributed by atoms with Crippen LogP contribution in [0.2, 0.25) is 0 Å². The van der Waals surface area contributed by atoms with Gasteiger partial charge in [-0.3, -0.25) is 0 Å². The average molecular weight is 206 g/mol. The van der Waals surface area contributed by atoms with Crippen molar-refractivity contribution in [1.82, 2.24) is 0 Å². The Kier molecular flexibility index (Phi) is 3.27. The molecule has 82 valence electrons. The van der Waals surface area contributed by atoms with Gasteiger partial charge in [0.15, 0.2) is 0 Å². The van der Waals surface area contributed by atoms with Crippen LogP contribution < -0.4 is 0 Å². The predicted octanol–water partition coefficient (Wildman–Crippen LogP) is 2.66. The molecule has 2 N–H and O–H groups in total. The molecule has 0 aromatic heterocycles. The molecule has 0 saturated heterocycles. The number of aliphatic hydroxyl groups is 1. The summed E-state index contributed by atoms with van der Waals surface area (Å²) in [6.45, 7) is 0.336. The molecule has 0 radical (unpaired) electrons. The van der Waals surface area contributed by atoms with Crippen molar-refractivity contribution in [2.24, 2.45) is 5.92 Å². The smallest absolute Gasteiger partial charge is 0.115 e. The Bertz CT molecular complexity index is 297. The van der Waals surface area contributed by atoms with Crippen molar-refractivity contribution in [1.29, 1.82) is 0 Å². The maximum Gasteiger partial charge on any atom is 0.115 e. The second-order valence-electron chi connectivity index (χ2n) is 4.49. The normalized spacial score (nSPS) is 26.5. The van der Waals surface area contributed by atoms with Crippen LogP contribution >= 0.6 is 0 Å². The van der Waals surface area contributed by atoms with Crippen molar-refractivity contribution in [3.8, 4) is 5.75 Å². The Morgan fingerprint density at radius 2 is 1.60 bits per heavy atom. The van der Waals surface area contributed by atoms with E-state index in [1.165, 1.54) is 5.56 Å². The molecule has 0 atom stereocenters. The zero-order valence-electron chi connectivity index (χ0n) is 8.89. The van der Waals surface area contributed by atoms with Crippen LogP contribution in [-0.4, -0.2) is 16.8 Å². The summed E-state index contributed by atoms with van der Waals surface area (Å²) in [5.74, 6) is 1.47. The summed E-state index contributed by atoms with van der Waals surface area (Å²) in [6.07, 6.45) is 4.58. The minimum absolute atomic E-state index is 0.336. The van der Waals surface area contributed by atoms with Crippen LogP contribution in [0.25, 0.3) is 0 Å². The fourth-order valence-corrected chi connectivity index (χ4v) is 2.42. The minimum atomic E-state index is 0.336. The maximum atomic E-state index is 9.20. The van der Waals surface area contributed by atoms with Crippen LogP contribution in [0.1, 0.15) is 37.2 Å². The lowest BCUT2D eigenvalue weighted by molar-refractivity contribution is 0.182. The Morgan fingerprint density at radius 1 is 1.00 bits per heavy atom. The lowest BCUT2D eigenvalue weighted by Gasteiger charge is -2.27. The number of aromatic hydroxyl groups is 1. The molecular weight excluding hydrogens is 188 g/mol. The number of hydrogen-bond donors (Lipinski definition) is 2. The summed E-state index contributed by atoms with van der Waals surface area (Å²) in [7, 11) is 0. The predicted molar refractivity (Wildman–Crippen MR) is 59.9 cm³/mol. The highest BCUT2D eigenvalue weighted by Crippen LogP contribution is 2.35. The van der Waals surface area contributed by atoms with Gasteiger partial charge in [-0.2, -0.15) is 0 Å². The number of rotatable bonds is 2. The third-order valence-electron chi connectivity index (χ3n) is 3.47. The second-order valence-corrected chi connectivity index (χ2v) is 4.49. The van der Waals surface area contributed by atoms with Gasteiger partial charge in [0, 0.05) is 6.61 Å². The fourth-order valence-electron chi connectivity index (χ4n) is 2.42. The third kappa shape index (κ3) is 2.51. The van der Waals surface area contributed by atoms with Gasteiger partial charge in [0.05, 0.1) is 0 Å². The molecule has 0 heterocycles. The van der Waals surface area contributed by atoms with Crippen LogP contribution in [-0.2, 0) is 0 Å². The average Bonchev–Trinajstić information content (AvgIpc) is 2.30. The highest BCUT2D eigenvalue weighted by molar-refractivity contribution is 5.28. The van der Waals surface area contributed by atoms with E-state index in [1.807, 2.05) is 12.1 Å². The summed E-state index contributed by atoms with van der Waals surface area (Å²) in [5, 5.41) is 18.3. The van der Waals surface area contributed by atoms with E-state index in [9.17, 15) is 5.11 Å². The van der Waals surface area contributed by atoms with Crippen molar-refractivity contribution in [3.05, 3.63) is 29.8 Å². The first-order valence-electron chi connectivity index (χ1n) is 5.69. The number of aliphatic hydroxyl groups excluding tert-OH is 1. The summed E-state index contributed by atoms with van der Waals surface area (Å²) in [5.41, 5.74) is 1.32. The monoisotopic (exact) mass is 206 g/mol. The first kappa shape index (κ1) is 10.5. The fraction of sp³-hybridized carbons (Fsp3) is 0.538. The molecule has 1 aromatic carbocycles. The molecular formula is C13H18O2. The summed E-state index contributed by atoms with van der Waals surface area (Å²) in [4.78, 5) is 0. The Balaban J connectivity index is 1.98. The number of phenols is 1. The first-order chi connectivity index (χ1) is 7.29. The molecule has 1 aliphatic carbocycles. The molecule has 0 spiro atoms. The molecule has 0 aliphatic heterocycles. The quantitative estimate of drug-likeness (QED) is 0.781. The largest absolute Gasteiger partial charge is 0.508 e. The van der Waals surface area contributed by atoms with Crippen molar-refractivity contribution in [2.45, 2.75) is 31.6 Å². The van der Waals surface area contributed by atoms with E-state index in [0.717, 1.165) is 25.7 Å². The Morgan fingerprint density at radius 3 is 2.13 bits per heavy atom. The van der Waals surface area contributed by atoms with Crippen molar-refractivity contribution >= 4 is 0 Å².